The minimum Gasteiger partial charge on any atom is -0.497 e. The molecule has 4 aromatic heterocycles. The molecule has 0 aliphatic heterocycles. The molecule has 1 N–H and O–H groups in total. The van der Waals surface area contributed by atoms with Crippen molar-refractivity contribution in [1.29, 1.82) is 0 Å². The van der Waals surface area contributed by atoms with Gasteiger partial charge >= 0.3 is 0 Å². The van der Waals surface area contributed by atoms with Crippen LogP contribution in [0.4, 0.5) is 11.6 Å². The molecule has 6 aromatic rings. The summed E-state index contributed by atoms with van der Waals surface area (Å²) in [6.45, 7) is 30.0. The number of hydrogen-bond donors (Lipinski definition) is 1. The maximum absolute atomic E-state index is 5.35. The number of benzene rings is 2. The molecule has 288 valence electrons. The zero-order valence-electron chi connectivity index (χ0n) is 35.3. The Morgan fingerprint density at radius 1 is 0.796 bits per heavy atom. The van der Waals surface area contributed by atoms with Gasteiger partial charge in [0.2, 0.25) is 0 Å². The first-order valence-corrected chi connectivity index (χ1v) is 19.8. The van der Waals surface area contributed by atoms with E-state index in [1.165, 1.54) is 51.9 Å². The van der Waals surface area contributed by atoms with E-state index in [4.69, 9.17) is 24.8 Å². The Bertz CT molecular complexity index is 2240. The second-order valence-electron chi connectivity index (χ2n) is 14.8. The summed E-state index contributed by atoms with van der Waals surface area (Å²) in [7, 11) is 1.69. The Balaban J connectivity index is 0.000000208. The third-order valence-electron chi connectivity index (χ3n) is 10.7. The van der Waals surface area contributed by atoms with Crippen molar-refractivity contribution in [2.75, 3.05) is 30.4 Å². The van der Waals surface area contributed by atoms with Crippen molar-refractivity contribution < 1.29 is 4.74 Å². The fourth-order valence-electron chi connectivity index (χ4n) is 7.75. The fourth-order valence-corrected chi connectivity index (χ4v) is 7.75. The van der Waals surface area contributed by atoms with Crippen LogP contribution in [-0.2, 0) is 0 Å². The predicted octanol–water partition coefficient (Wildman–Crippen LogP) is 10.8. The highest BCUT2D eigenvalue weighted by Gasteiger charge is 2.23. The summed E-state index contributed by atoms with van der Waals surface area (Å²) in [6, 6.07) is 13.2. The van der Waals surface area contributed by atoms with Crippen molar-refractivity contribution in [3.8, 4) is 22.6 Å². The molecule has 6 rings (SSSR count). The number of rotatable bonds is 12. The van der Waals surface area contributed by atoms with Gasteiger partial charge in [0, 0.05) is 42.1 Å². The van der Waals surface area contributed by atoms with Crippen LogP contribution in [0.1, 0.15) is 104 Å². The number of unbranched alkanes of at least 4 members (excludes halogenated alkanes) is 1. The maximum atomic E-state index is 5.35. The van der Waals surface area contributed by atoms with Crippen molar-refractivity contribution in [2.24, 2.45) is 0 Å². The van der Waals surface area contributed by atoms with E-state index in [1.807, 2.05) is 31.4 Å². The van der Waals surface area contributed by atoms with E-state index in [0.717, 1.165) is 88.5 Å². The molecular weight excluding hydrogens is 669 g/mol. The van der Waals surface area contributed by atoms with Crippen LogP contribution in [0, 0.1) is 62.3 Å². The number of fused-ring (bicyclic) bond motifs is 2. The molecular formula is C45H62N8O. The number of hydrogen-bond acceptors (Lipinski definition) is 7. The van der Waals surface area contributed by atoms with Gasteiger partial charge in [0.15, 0.2) is 11.3 Å². The molecule has 9 nitrogen and oxygen atoms in total. The molecule has 0 bridgehead atoms. The third-order valence-corrected chi connectivity index (χ3v) is 10.7. The zero-order valence-corrected chi connectivity index (χ0v) is 35.3. The van der Waals surface area contributed by atoms with Crippen molar-refractivity contribution in [3.05, 3.63) is 87.1 Å². The lowest BCUT2D eigenvalue weighted by atomic mass is 10.0. The van der Waals surface area contributed by atoms with Gasteiger partial charge in [-0.2, -0.15) is 9.61 Å². The van der Waals surface area contributed by atoms with Gasteiger partial charge < -0.3 is 15.0 Å². The van der Waals surface area contributed by atoms with Crippen molar-refractivity contribution >= 4 is 28.3 Å². The van der Waals surface area contributed by atoms with Crippen molar-refractivity contribution in [1.82, 2.24) is 29.1 Å². The Labute approximate surface area is 323 Å². The monoisotopic (exact) mass is 731 g/mol. The van der Waals surface area contributed by atoms with Crippen LogP contribution in [0.2, 0.25) is 0 Å². The van der Waals surface area contributed by atoms with E-state index >= 15 is 0 Å². The molecule has 0 spiro atoms. The lowest BCUT2D eigenvalue weighted by Crippen LogP contribution is -2.25. The van der Waals surface area contributed by atoms with Gasteiger partial charge in [-0.1, -0.05) is 51.0 Å². The summed E-state index contributed by atoms with van der Waals surface area (Å²) in [6.07, 6.45) is 4.51. The highest BCUT2D eigenvalue weighted by molar-refractivity contribution is 5.94. The molecule has 0 amide bonds. The molecule has 0 aliphatic rings. The summed E-state index contributed by atoms with van der Waals surface area (Å²) in [5.41, 5.74) is 14.9. The van der Waals surface area contributed by atoms with Gasteiger partial charge in [0.25, 0.3) is 0 Å². The predicted molar refractivity (Wildman–Crippen MR) is 227 cm³/mol. The van der Waals surface area contributed by atoms with E-state index in [9.17, 15) is 0 Å². The largest absolute Gasteiger partial charge is 0.497 e. The maximum Gasteiger partial charge on any atom is 0.165 e. The number of methoxy groups -OCH3 is 1. The molecule has 54 heavy (non-hydrogen) atoms. The molecule has 0 fully saturated rings. The van der Waals surface area contributed by atoms with Crippen LogP contribution in [-0.4, -0.2) is 55.4 Å². The highest BCUT2D eigenvalue weighted by atomic mass is 16.5. The average Bonchev–Trinajstić information content (AvgIpc) is 3.58. The number of ether oxygens (including phenoxy) is 1. The minimum atomic E-state index is 0.427. The molecule has 0 aliphatic carbocycles. The summed E-state index contributed by atoms with van der Waals surface area (Å²) < 4.78 is 9.64. The molecule has 0 atom stereocenters. The van der Waals surface area contributed by atoms with Gasteiger partial charge in [-0.25, -0.2) is 15.0 Å². The Kier molecular flexibility index (Phi) is 12.7. The van der Waals surface area contributed by atoms with Gasteiger partial charge in [0.1, 0.15) is 23.2 Å². The molecule has 2 aromatic carbocycles. The summed E-state index contributed by atoms with van der Waals surface area (Å²) in [4.78, 5) is 17.0. The van der Waals surface area contributed by atoms with Crippen LogP contribution >= 0.6 is 0 Å². The van der Waals surface area contributed by atoms with E-state index in [1.54, 1.807) is 7.11 Å². The van der Waals surface area contributed by atoms with Gasteiger partial charge in [-0.05, 0) is 128 Å². The summed E-state index contributed by atoms with van der Waals surface area (Å²) in [5.74, 6) is 3.78. The van der Waals surface area contributed by atoms with Crippen LogP contribution in [0.15, 0.2) is 36.4 Å². The Morgan fingerprint density at radius 3 is 2.07 bits per heavy atom. The van der Waals surface area contributed by atoms with E-state index in [-0.39, 0.29) is 0 Å². The molecule has 4 heterocycles. The van der Waals surface area contributed by atoms with Crippen LogP contribution in [0.3, 0.4) is 0 Å². The van der Waals surface area contributed by atoms with Crippen LogP contribution < -0.4 is 15.0 Å². The average molecular weight is 731 g/mol. The van der Waals surface area contributed by atoms with E-state index < -0.39 is 0 Å². The van der Waals surface area contributed by atoms with Crippen LogP contribution in [0.25, 0.3) is 33.5 Å². The van der Waals surface area contributed by atoms with Gasteiger partial charge in [0.05, 0.1) is 23.9 Å². The smallest absolute Gasteiger partial charge is 0.165 e. The molecule has 0 saturated carbocycles. The number of anilines is 2. The standard InChI is InChI=1S/C24H34N4.C21H28N4O/c1-9-11-12-27(10-2)23-21-18(6)19(7)28(24(21)26-20(8)25-23)22-16(4)13-15(3)14-17(22)5;1-7-16(8-2)23-19-12-14(4)22-21-20(15(5)24-25(19)21)18-10-9-17(26-6)11-13(18)3/h13-14H,9-12H2,1-8H3;9-12,16,23H,7-8H2,1-6H3. The number of aromatic nitrogens is 6. The first kappa shape index (κ1) is 40.3. The summed E-state index contributed by atoms with van der Waals surface area (Å²) in [5, 5.41) is 9.62. The van der Waals surface area contributed by atoms with Crippen LogP contribution in [0.5, 0.6) is 5.75 Å². The van der Waals surface area contributed by atoms with Gasteiger partial charge in [-0.3, -0.25) is 4.57 Å². The topological polar surface area (TPSA) is 85.4 Å². The second kappa shape index (κ2) is 17.0. The zero-order chi connectivity index (χ0) is 39.4. The molecule has 0 unspecified atom stereocenters. The summed E-state index contributed by atoms with van der Waals surface area (Å²) >= 11 is 0. The lowest BCUT2D eigenvalue weighted by Gasteiger charge is -2.23. The highest BCUT2D eigenvalue weighted by Crippen LogP contribution is 2.36. The fraction of sp³-hybridized carbons (Fsp3) is 0.467. The lowest BCUT2D eigenvalue weighted by molar-refractivity contribution is 0.414. The number of nitrogens with zero attached hydrogens (tertiary/aromatic N) is 7. The first-order valence-electron chi connectivity index (χ1n) is 19.8. The minimum absolute atomic E-state index is 0.427. The Hall–Kier alpha value is -4.92. The van der Waals surface area contributed by atoms with Gasteiger partial charge in [-0.15, -0.1) is 0 Å². The SMILES string of the molecule is CCC(CC)Nc1cc(C)nc2c(-c3ccc(OC)cc3C)c(C)nn12.CCCCN(CC)c1nc(C)nc2c1c(C)c(C)n2-c1c(C)cc(C)cc1C. The quantitative estimate of drug-likeness (QED) is 0.134. The third kappa shape index (κ3) is 7.96. The number of aryl methyl sites for hydroxylation is 8. The van der Waals surface area contributed by atoms with Crippen molar-refractivity contribution in [3.63, 3.8) is 0 Å². The molecule has 9 heteroatoms. The first-order chi connectivity index (χ1) is 25.8. The molecule has 0 saturated heterocycles. The van der Waals surface area contributed by atoms with Crippen molar-refractivity contribution in [2.45, 2.75) is 122 Å². The normalized spacial score (nSPS) is 11.4. The van der Waals surface area contributed by atoms with E-state index in [2.05, 4.69) is 114 Å². The Morgan fingerprint density at radius 2 is 1.48 bits per heavy atom. The second-order valence-corrected chi connectivity index (χ2v) is 14.8. The number of nitrogens with one attached hydrogen (secondary N) is 1. The van der Waals surface area contributed by atoms with E-state index in [0.29, 0.717) is 6.04 Å². The molecule has 0 radical (unpaired) electrons.